The lowest BCUT2D eigenvalue weighted by Gasteiger charge is -2.37. The summed E-state index contributed by atoms with van der Waals surface area (Å²) in [6.45, 7) is 7.93. The second kappa shape index (κ2) is 7.12. The van der Waals surface area contributed by atoms with Crippen LogP contribution in [0, 0.1) is 12.7 Å². The fourth-order valence-electron chi connectivity index (χ4n) is 4.56. The van der Waals surface area contributed by atoms with Crippen molar-refractivity contribution in [3.8, 4) is 0 Å². The molecule has 1 fully saturated rings. The number of halogens is 1. The van der Waals surface area contributed by atoms with Gasteiger partial charge in [-0.05, 0) is 45.0 Å². The predicted molar refractivity (Wildman–Crippen MR) is 123 cm³/mol. The van der Waals surface area contributed by atoms with Gasteiger partial charge in [0.1, 0.15) is 11.3 Å². The Labute approximate surface area is 179 Å². The van der Waals surface area contributed by atoms with E-state index in [0.717, 1.165) is 41.1 Å². The van der Waals surface area contributed by atoms with E-state index in [4.69, 9.17) is 5.73 Å². The Morgan fingerprint density at radius 2 is 1.90 bits per heavy atom. The summed E-state index contributed by atoms with van der Waals surface area (Å²) >= 11 is 0. The number of nitrogens with one attached hydrogen (secondary N) is 3. The van der Waals surface area contributed by atoms with Gasteiger partial charge in [0.05, 0.1) is 16.6 Å². The first kappa shape index (κ1) is 19.6. The SMILES string of the molecule is Cc1c2cc(Nc3n[nH]c4cc(N5C[C@@H](C)N[C@H](C)C5)cc(F)c34)cc(N)c2nn1C. The van der Waals surface area contributed by atoms with E-state index < -0.39 is 0 Å². The predicted octanol–water partition coefficient (Wildman–Crippen LogP) is 3.41. The first-order valence-corrected chi connectivity index (χ1v) is 10.5. The molecular formula is C22H27FN8. The van der Waals surface area contributed by atoms with E-state index in [9.17, 15) is 0 Å². The molecule has 0 bridgehead atoms. The molecule has 9 heteroatoms. The Hall–Kier alpha value is -3.33. The van der Waals surface area contributed by atoms with E-state index >= 15 is 4.39 Å². The molecule has 1 saturated heterocycles. The molecule has 31 heavy (non-hydrogen) atoms. The van der Waals surface area contributed by atoms with Crippen LogP contribution in [0.4, 0.5) is 27.3 Å². The minimum absolute atomic E-state index is 0.311. The fraction of sp³-hybridized carbons (Fsp3) is 0.364. The molecule has 0 radical (unpaired) electrons. The van der Waals surface area contributed by atoms with Crippen LogP contribution in [0.2, 0.25) is 0 Å². The number of fused-ring (bicyclic) bond motifs is 2. The number of benzene rings is 2. The van der Waals surface area contributed by atoms with Crippen LogP contribution in [0.1, 0.15) is 19.5 Å². The van der Waals surface area contributed by atoms with Gasteiger partial charge >= 0.3 is 0 Å². The van der Waals surface area contributed by atoms with Crippen molar-refractivity contribution in [2.45, 2.75) is 32.9 Å². The van der Waals surface area contributed by atoms with E-state index in [0.29, 0.717) is 34.5 Å². The summed E-state index contributed by atoms with van der Waals surface area (Å²) < 4.78 is 17.0. The third kappa shape index (κ3) is 3.34. The largest absolute Gasteiger partial charge is 0.397 e. The number of nitrogens with zero attached hydrogens (tertiary/aromatic N) is 4. The molecule has 0 saturated carbocycles. The normalized spacial score (nSPS) is 19.5. The van der Waals surface area contributed by atoms with Crippen molar-refractivity contribution in [1.82, 2.24) is 25.3 Å². The van der Waals surface area contributed by atoms with E-state index in [1.54, 1.807) is 16.8 Å². The van der Waals surface area contributed by atoms with Gasteiger partial charge in [-0.3, -0.25) is 9.78 Å². The van der Waals surface area contributed by atoms with E-state index in [1.807, 2.05) is 26.1 Å². The Balaban J connectivity index is 1.50. The Bertz CT molecular complexity index is 1280. The fourth-order valence-corrected chi connectivity index (χ4v) is 4.56. The van der Waals surface area contributed by atoms with Crippen molar-refractivity contribution in [3.05, 3.63) is 35.8 Å². The molecule has 0 unspecified atom stereocenters. The van der Waals surface area contributed by atoms with Gasteiger partial charge in [-0.15, -0.1) is 0 Å². The molecule has 3 heterocycles. The topological polar surface area (TPSA) is 99.8 Å². The van der Waals surface area contributed by atoms with Crippen LogP contribution in [0.25, 0.3) is 21.8 Å². The Morgan fingerprint density at radius 3 is 2.65 bits per heavy atom. The number of hydrogen-bond donors (Lipinski definition) is 4. The van der Waals surface area contributed by atoms with Crippen molar-refractivity contribution in [2.24, 2.45) is 7.05 Å². The van der Waals surface area contributed by atoms with Crippen LogP contribution in [-0.2, 0) is 7.05 Å². The number of hydrogen-bond acceptors (Lipinski definition) is 6. The lowest BCUT2D eigenvalue weighted by atomic mass is 10.1. The number of piperazine rings is 1. The standard InChI is InChI=1S/C22H27FN8/c1-11-9-31(10-12(2)25-11)15-7-17(23)20-19(8-15)27-28-22(20)26-14-5-16-13(3)30(4)29-21(16)18(24)6-14/h5-8,11-12,25H,9-10,24H2,1-4H3,(H2,26,27,28)/t11-,12-/m1/s1. The van der Waals surface area contributed by atoms with E-state index in [-0.39, 0.29) is 5.82 Å². The van der Waals surface area contributed by atoms with E-state index in [2.05, 4.69) is 44.7 Å². The number of nitrogen functional groups attached to an aromatic ring is 1. The van der Waals surface area contributed by atoms with Gasteiger partial charge < -0.3 is 21.3 Å². The molecule has 0 amide bonds. The Morgan fingerprint density at radius 1 is 1.16 bits per heavy atom. The highest BCUT2D eigenvalue weighted by Crippen LogP contribution is 2.33. The summed E-state index contributed by atoms with van der Waals surface area (Å²) in [4.78, 5) is 2.21. The van der Waals surface area contributed by atoms with Crippen molar-refractivity contribution < 1.29 is 4.39 Å². The highest BCUT2D eigenvalue weighted by atomic mass is 19.1. The molecule has 1 aliphatic heterocycles. The zero-order valence-electron chi connectivity index (χ0n) is 18.1. The molecule has 0 spiro atoms. The van der Waals surface area contributed by atoms with E-state index in [1.165, 1.54) is 0 Å². The average Bonchev–Trinajstić information content (AvgIpc) is 3.23. The molecule has 5 rings (SSSR count). The molecule has 2 aromatic heterocycles. The zero-order chi connectivity index (χ0) is 21.9. The second-order valence-electron chi connectivity index (χ2n) is 8.59. The maximum Gasteiger partial charge on any atom is 0.163 e. The van der Waals surface area contributed by atoms with Crippen molar-refractivity contribution in [3.63, 3.8) is 0 Å². The molecule has 162 valence electrons. The second-order valence-corrected chi connectivity index (χ2v) is 8.59. The summed E-state index contributed by atoms with van der Waals surface area (Å²) in [6, 6.07) is 8.01. The molecule has 2 aromatic carbocycles. The van der Waals surface area contributed by atoms with Crippen LogP contribution in [0.3, 0.4) is 0 Å². The van der Waals surface area contributed by atoms with Gasteiger partial charge in [0.15, 0.2) is 5.82 Å². The van der Waals surface area contributed by atoms with Crippen LogP contribution >= 0.6 is 0 Å². The van der Waals surface area contributed by atoms with Crippen molar-refractivity contribution in [2.75, 3.05) is 29.0 Å². The van der Waals surface area contributed by atoms with Crippen LogP contribution in [-0.4, -0.2) is 45.2 Å². The quantitative estimate of drug-likeness (QED) is 0.378. The first-order valence-electron chi connectivity index (χ1n) is 10.5. The van der Waals surface area contributed by atoms with Crippen LogP contribution in [0.5, 0.6) is 0 Å². The van der Waals surface area contributed by atoms with Crippen molar-refractivity contribution >= 4 is 44.7 Å². The monoisotopic (exact) mass is 422 g/mol. The molecule has 1 aliphatic rings. The third-order valence-corrected chi connectivity index (χ3v) is 6.05. The van der Waals surface area contributed by atoms with Crippen LogP contribution in [0.15, 0.2) is 24.3 Å². The summed E-state index contributed by atoms with van der Waals surface area (Å²) in [5, 5.41) is 19.9. The smallest absolute Gasteiger partial charge is 0.163 e. The number of aromatic nitrogens is 4. The highest BCUT2D eigenvalue weighted by Gasteiger charge is 2.23. The minimum Gasteiger partial charge on any atom is -0.397 e. The summed E-state index contributed by atoms with van der Waals surface area (Å²) in [5.74, 6) is 0.121. The van der Waals surface area contributed by atoms with Crippen molar-refractivity contribution in [1.29, 1.82) is 0 Å². The number of rotatable bonds is 3. The molecule has 5 N–H and O–H groups in total. The zero-order valence-corrected chi connectivity index (χ0v) is 18.1. The number of nitrogens with two attached hydrogens (primary N) is 1. The lowest BCUT2D eigenvalue weighted by Crippen LogP contribution is -2.54. The maximum absolute atomic E-state index is 15.2. The van der Waals surface area contributed by atoms with Gasteiger partial charge in [0.2, 0.25) is 0 Å². The number of aryl methyl sites for hydroxylation is 2. The molecule has 8 nitrogen and oxygen atoms in total. The van der Waals surface area contributed by atoms with Crippen LogP contribution < -0.4 is 21.3 Å². The molecule has 0 aliphatic carbocycles. The first-order chi connectivity index (χ1) is 14.8. The molecule has 2 atom stereocenters. The number of aromatic amines is 1. The maximum atomic E-state index is 15.2. The van der Waals surface area contributed by atoms with Gasteiger partial charge in [-0.2, -0.15) is 10.2 Å². The van der Waals surface area contributed by atoms with Gasteiger partial charge in [0, 0.05) is 54.7 Å². The minimum atomic E-state index is -0.311. The molecule has 4 aromatic rings. The van der Waals surface area contributed by atoms with Gasteiger partial charge in [-0.1, -0.05) is 0 Å². The number of H-pyrrole nitrogens is 1. The summed E-state index contributed by atoms with van der Waals surface area (Å²) in [5.41, 5.74) is 10.8. The third-order valence-electron chi connectivity index (χ3n) is 6.05. The summed E-state index contributed by atoms with van der Waals surface area (Å²) in [6.07, 6.45) is 0. The Kier molecular flexibility index (Phi) is 4.51. The van der Waals surface area contributed by atoms with Gasteiger partial charge in [-0.25, -0.2) is 4.39 Å². The average molecular weight is 423 g/mol. The lowest BCUT2D eigenvalue weighted by molar-refractivity contribution is 0.407. The number of anilines is 4. The highest BCUT2D eigenvalue weighted by molar-refractivity contribution is 5.98. The molecular weight excluding hydrogens is 395 g/mol. The summed E-state index contributed by atoms with van der Waals surface area (Å²) in [7, 11) is 1.88. The van der Waals surface area contributed by atoms with Gasteiger partial charge in [0.25, 0.3) is 0 Å².